The van der Waals surface area contributed by atoms with E-state index in [1.54, 1.807) is 7.05 Å². The van der Waals surface area contributed by atoms with Gasteiger partial charge >= 0.3 is 6.18 Å². The van der Waals surface area contributed by atoms with Crippen molar-refractivity contribution in [3.63, 3.8) is 0 Å². The molecule has 1 aromatic heterocycles. The van der Waals surface area contributed by atoms with Crippen molar-refractivity contribution in [3.8, 4) is 0 Å². The first-order valence-electron chi connectivity index (χ1n) is 6.21. The lowest BCUT2D eigenvalue weighted by atomic mass is 10.2. The number of carbonyl (C=O) groups excluding carboxylic acids is 1. The number of unbranched alkanes of at least 4 members (excludes halogenated alkanes) is 2. The van der Waals surface area contributed by atoms with Crippen molar-refractivity contribution in [3.05, 3.63) is 29.6 Å². The standard InChI is InChI=1S/C13H16ClF3N2O/c1-19(8-4-2-3-7-14)12(20)11-6-5-10(9-18-11)13(15,16)17/h5-6,9H,2-4,7-8H2,1H3. The number of carbonyl (C=O) groups is 1. The molecule has 0 unspecified atom stereocenters. The molecule has 1 aromatic rings. The van der Waals surface area contributed by atoms with Gasteiger partial charge in [-0.1, -0.05) is 6.42 Å². The van der Waals surface area contributed by atoms with Crippen LogP contribution in [0.3, 0.4) is 0 Å². The number of aromatic nitrogens is 1. The molecular formula is C13H16ClF3N2O. The third kappa shape index (κ3) is 5.00. The highest BCUT2D eigenvalue weighted by Crippen LogP contribution is 2.28. The van der Waals surface area contributed by atoms with E-state index in [9.17, 15) is 18.0 Å². The van der Waals surface area contributed by atoms with Crippen LogP contribution in [0, 0.1) is 0 Å². The Morgan fingerprint density at radius 3 is 2.50 bits per heavy atom. The predicted molar refractivity (Wildman–Crippen MR) is 70.8 cm³/mol. The molecule has 0 aliphatic carbocycles. The van der Waals surface area contributed by atoms with Gasteiger partial charge < -0.3 is 4.90 Å². The van der Waals surface area contributed by atoms with Crippen LogP contribution in [0.5, 0.6) is 0 Å². The fraction of sp³-hybridized carbons (Fsp3) is 0.538. The van der Waals surface area contributed by atoms with E-state index in [-0.39, 0.29) is 11.6 Å². The number of alkyl halides is 4. The van der Waals surface area contributed by atoms with E-state index >= 15 is 0 Å². The van der Waals surface area contributed by atoms with Crippen molar-refractivity contribution in [2.24, 2.45) is 0 Å². The monoisotopic (exact) mass is 308 g/mol. The highest BCUT2D eigenvalue weighted by molar-refractivity contribution is 6.17. The number of nitrogens with zero attached hydrogens (tertiary/aromatic N) is 2. The summed E-state index contributed by atoms with van der Waals surface area (Å²) in [6, 6.07) is 1.96. The molecule has 1 amide bonds. The van der Waals surface area contributed by atoms with E-state index in [1.807, 2.05) is 0 Å². The van der Waals surface area contributed by atoms with Crippen LogP contribution in [0.4, 0.5) is 13.2 Å². The summed E-state index contributed by atoms with van der Waals surface area (Å²) >= 11 is 5.54. The Hall–Kier alpha value is -1.30. The summed E-state index contributed by atoms with van der Waals surface area (Å²) in [6.45, 7) is 0.526. The van der Waals surface area contributed by atoms with Crippen LogP contribution in [0.15, 0.2) is 18.3 Å². The molecule has 1 heterocycles. The van der Waals surface area contributed by atoms with Gasteiger partial charge in [0.05, 0.1) is 5.56 Å². The van der Waals surface area contributed by atoms with Crippen LogP contribution in [0.2, 0.25) is 0 Å². The van der Waals surface area contributed by atoms with Gasteiger partial charge in [-0.05, 0) is 25.0 Å². The largest absolute Gasteiger partial charge is 0.417 e. The summed E-state index contributed by atoms with van der Waals surface area (Å²) in [6.07, 6.45) is -1.18. The minimum Gasteiger partial charge on any atom is -0.340 e. The zero-order chi connectivity index (χ0) is 15.2. The van der Waals surface area contributed by atoms with Gasteiger partial charge in [0.25, 0.3) is 5.91 Å². The number of pyridine rings is 1. The quantitative estimate of drug-likeness (QED) is 0.594. The Kier molecular flexibility index (Phi) is 6.26. The zero-order valence-electron chi connectivity index (χ0n) is 11.1. The van der Waals surface area contributed by atoms with Gasteiger partial charge in [0, 0.05) is 25.7 Å². The summed E-state index contributed by atoms with van der Waals surface area (Å²) < 4.78 is 37.1. The molecule has 0 aliphatic heterocycles. The molecule has 0 saturated carbocycles. The molecule has 0 radical (unpaired) electrons. The minimum atomic E-state index is -4.44. The Labute approximate surface area is 120 Å². The van der Waals surface area contributed by atoms with Crippen molar-refractivity contribution in [2.75, 3.05) is 19.5 Å². The van der Waals surface area contributed by atoms with E-state index in [2.05, 4.69) is 4.98 Å². The average Bonchev–Trinajstić information content (AvgIpc) is 2.41. The minimum absolute atomic E-state index is 0.0119. The van der Waals surface area contributed by atoms with Crippen molar-refractivity contribution in [2.45, 2.75) is 25.4 Å². The van der Waals surface area contributed by atoms with Crippen LogP contribution in [0.1, 0.15) is 35.3 Å². The first-order chi connectivity index (χ1) is 9.36. The molecule has 0 saturated heterocycles. The van der Waals surface area contributed by atoms with Crippen molar-refractivity contribution >= 4 is 17.5 Å². The molecule has 0 bridgehead atoms. The molecular weight excluding hydrogens is 293 g/mol. The van der Waals surface area contributed by atoms with Crippen LogP contribution in [-0.2, 0) is 6.18 Å². The van der Waals surface area contributed by atoms with Gasteiger partial charge in [-0.2, -0.15) is 13.2 Å². The van der Waals surface area contributed by atoms with E-state index in [4.69, 9.17) is 11.6 Å². The van der Waals surface area contributed by atoms with Crippen LogP contribution in [-0.4, -0.2) is 35.3 Å². The number of amides is 1. The molecule has 3 nitrogen and oxygen atoms in total. The van der Waals surface area contributed by atoms with Crippen LogP contribution >= 0.6 is 11.6 Å². The molecule has 0 aliphatic rings. The molecule has 0 fully saturated rings. The normalized spacial score (nSPS) is 11.4. The van der Waals surface area contributed by atoms with E-state index in [0.29, 0.717) is 18.6 Å². The predicted octanol–water partition coefficient (Wildman–Crippen LogP) is 3.58. The Morgan fingerprint density at radius 1 is 1.30 bits per heavy atom. The van der Waals surface area contributed by atoms with Gasteiger partial charge in [0.2, 0.25) is 0 Å². The van der Waals surface area contributed by atoms with E-state index < -0.39 is 11.7 Å². The second-order valence-corrected chi connectivity index (χ2v) is 4.78. The third-order valence-electron chi connectivity index (χ3n) is 2.78. The highest BCUT2D eigenvalue weighted by Gasteiger charge is 2.31. The van der Waals surface area contributed by atoms with E-state index in [1.165, 1.54) is 4.90 Å². The number of rotatable bonds is 6. The molecule has 20 heavy (non-hydrogen) atoms. The van der Waals surface area contributed by atoms with Gasteiger partial charge in [0.1, 0.15) is 5.69 Å². The smallest absolute Gasteiger partial charge is 0.340 e. The van der Waals surface area contributed by atoms with Gasteiger partial charge in [0.15, 0.2) is 0 Å². The summed E-state index contributed by atoms with van der Waals surface area (Å²) in [4.78, 5) is 17.0. The third-order valence-corrected chi connectivity index (χ3v) is 3.05. The summed E-state index contributed by atoms with van der Waals surface area (Å²) in [7, 11) is 1.60. The molecule has 0 spiro atoms. The fourth-order valence-electron chi connectivity index (χ4n) is 1.61. The average molecular weight is 309 g/mol. The van der Waals surface area contributed by atoms with Gasteiger partial charge in [-0.15, -0.1) is 11.6 Å². The lowest BCUT2D eigenvalue weighted by molar-refractivity contribution is -0.137. The van der Waals surface area contributed by atoms with E-state index in [0.717, 1.165) is 31.4 Å². The SMILES string of the molecule is CN(CCCCCCl)C(=O)c1ccc(C(F)(F)F)cn1. The molecule has 112 valence electrons. The van der Waals surface area contributed by atoms with Gasteiger partial charge in [-0.25, -0.2) is 0 Å². The second kappa shape index (κ2) is 7.47. The maximum absolute atomic E-state index is 12.4. The first-order valence-corrected chi connectivity index (χ1v) is 6.74. The van der Waals surface area contributed by atoms with Crippen molar-refractivity contribution in [1.29, 1.82) is 0 Å². The number of halogens is 4. The van der Waals surface area contributed by atoms with Gasteiger partial charge in [-0.3, -0.25) is 9.78 Å². The van der Waals surface area contributed by atoms with Crippen LogP contribution < -0.4 is 0 Å². The molecule has 1 rings (SSSR count). The number of hydrogen-bond donors (Lipinski definition) is 0. The Bertz CT molecular complexity index is 434. The molecule has 0 N–H and O–H groups in total. The summed E-state index contributed by atoms with van der Waals surface area (Å²) in [5.74, 6) is 0.197. The maximum Gasteiger partial charge on any atom is 0.417 e. The van der Waals surface area contributed by atoms with Crippen LogP contribution in [0.25, 0.3) is 0 Å². The maximum atomic E-state index is 12.4. The lowest BCUT2D eigenvalue weighted by Gasteiger charge is -2.16. The first kappa shape index (κ1) is 16.8. The molecule has 0 aromatic carbocycles. The number of hydrogen-bond acceptors (Lipinski definition) is 2. The van der Waals surface area contributed by atoms with Crippen molar-refractivity contribution in [1.82, 2.24) is 9.88 Å². The highest BCUT2D eigenvalue weighted by atomic mass is 35.5. The topological polar surface area (TPSA) is 33.2 Å². The van der Waals surface area contributed by atoms with Crippen molar-refractivity contribution < 1.29 is 18.0 Å². The summed E-state index contributed by atoms with van der Waals surface area (Å²) in [5.41, 5.74) is -0.850. The fourth-order valence-corrected chi connectivity index (χ4v) is 1.79. The molecule has 7 heteroatoms. The summed E-state index contributed by atoms with van der Waals surface area (Å²) in [5, 5.41) is 0. The Morgan fingerprint density at radius 2 is 2.00 bits per heavy atom. The lowest BCUT2D eigenvalue weighted by Crippen LogP contribution is -2.28. The Balaban J connectivity index is 2.59. The molecule has 0 atom stereocenters. The second-order valence-electron chi connectivity index (χ2n) is 4.41. The zero-order valence-corrected chi connectivity index (χ0v) is 11.8.